The van der Waals surface area contributed by atoms with Crippen molar-refractivity contribution in [2.24, 2.45) is 0 Å². The number of amides is 2. The number of rotatable bonds is 5. The first-order chi connectivity index (χ1) is 14.8. The van der Waals surface area contributed by atoms with Gasteiger partial charge < -0.3 is 4.42 Å². The summed E-state index contributed by atoms with van der Waals surface area (Å²) in [6.07, 6.45) is 1.53. The van der Waals surface area contributed by atoms with Crippen LogP contribution in [0.2, 0.25) is 0 Å². The van der Waals surface area contributed by atoms with Gasteiger partial charge in [-0.2, -0.15) is 0 Å². The average molecular weight is 499 g/mol. The molecule has 0 unspecified atom stereocenters. The quantitative estimate of drug-likeness (QED) is 0.237. The van der Waals surface area contributed by atoms with Crippen molar-refractivity contribution in [3.05, 3.63) is 91.0 Å². The Balaban J connectivity index is 1.54. The lowest BCUT2D eigenvalue weighted by molar-refractivity contribution is -0.384. The van der Waals surface area contributed by atoms with Gasteiger partial charge in [0, 0.05) is 28.2 Å². The highest BCUT2D eigenvalue weighted by Gasteiger charge is 2.35. The number of carbonyl (C=O) groups excluding carboxylic acids is 2. The summed E-state index contributed by atoms with van der Waals surface area (Å²) in [6.45, 7) is 2.18. The van der Waals surface area contributed by atoms with Crippen LogP contribution in [0.15, 0.2) is 68.4 Å². The number of aryl methyl sites for hydroxylation is 1. The fourth-order valence-corrected chi connectivity index (χ4v) is 4.41. The van der Waals surface area contributed by atoms with Gasteiger partial charge in [-0.25, -0.2) is 0 Å². The Morgan fingerprint density at radius 1 is 1.13 bits per heavy atom. The lowest BCUT2D eigenvalue weighted by atomic mass is 10.1. The Bertz CT molecular complexity index is 1230. The van der Waals surface area contributed by atoms with Crippen LogP contribution >= 0.6 is 27.7 Å². The van der Waals surface area contributed by atoms with Crippen molar-refractivity contribution in [1.82, 2.24) is 4.90 Å². The summed E-state index contributed by atoms with van der Waals surface area (Å²) in [7, 11) is 0. The number of nitrogens with zero attached hydrogens (tertiary/aromatic N) is 2. The molecule has 9 heteroatoms. The molecule has 1 aliphatic heterocycles. The normalized spacial score (nSPS) is 15.2. The van der Waals surface area contributed by atoms with Gasteiger partial charge >= 0.3 is 0 Å². The van der Waals surface area contributed by atoms with Gasteiger partial charge in [-0.05, 0) is 58.4 Å². The van der Waals surface area contributed by atoms with Crippen LogP contribution in [-0.2, 0) is 11.3 Å². The molecule has 0 atom stereocenters. The molecule has 0 bridgehead atoms. The van der Waals surface area contributed by atoms with E-state index in [1.54, 1.807) is 18.2 Å². The van der Waals surface area contributed by atoms with E-state index in [0.29, 0.717) is 21.6 Å². The van der Waals surface area contributed by atoms with Crippen molar-refractivity contribution in [2.45, 2.75) is 13.5 Å². The van der Waals surface area contributed by atoms with Crippen LogP contribution in [0.25, 0.3) is 17.4 Å². The van der Waals surface area contributed by atoms with E-state index in [1.165, 1.54) is 23.1 Å². The summed E-state index contributed by atoms with van der Waals surface area (Å²) in [6, 6.07) is 15.4. The van der Waals surface area contributed by atoms with E-state index in [2.05, 4.69) is 15.9 Å². The molecule has 1 saturated heterocycles. The summed E-state index contributed by atoms with van der Waals surface area (Å²) in [5.41, 5.74) is 2.57. The average Bonchev–Trinajstić information content (AvgIpc) is 3.29. The van der Waals surface area contributed by atoms with Gasteiger partial charge in [-0.15, -0.1) is 0 Å². The molecule has 0 spiro atoms. The zero-order chi connectivity index (χ0) is 22.1. The Hall–Kier alpha value is -3.17. The third-order valence-electron chi connectivity index (χ3n) is 4.66. The summed E-state index contributed by atoms with van der Waals surface area (Å²) < 4.78 is 6.31. The second-order valence-electron chi connectivity index (χ2n) is 6.88. The molecule has 1 aliphatic rings. The largest absolute Gasteiger partial charge is 0.457 e. The number of nitro groups is 1. The number of hydrogen-bond donors (Lipinski definition) is 0. The first kappa shape index (κ1) is 21.1. The van der Waals surface area contributed by atoms with Gasteiger partial charge in [0.1, 0.15) is 11.5 Å². The van der Waals surface area contributed by atoms with Crippen molar-refractivity contribution >= 4 is 50.6 Å². The SMILES string of the molecule is Cc1ccc(CN2C(=O)S/C(=C\c3ccc(-c4ccc([N+](=O)[O-])cc4Br)o3)C2=O)cc1. The van der Waals surface area contributed by atoms with Crippen LogP contribution in [0.4, 0.5) is 10.5 Å². The number of benzene rings is 2. The van der Waals surface area contributed by atoms with Crippen LogP contribution in [0.3, 0.4) is 0 Å². The molecule has 0 N–H and O–H groups in total. The first-order valence-electron chi connectivity index (χ1n) is 9.17. The highest BCUT2D eigenvalue weighted by molar-refractivity contribution is 9.10. The van der Waals surface area contributed by atoms with Crippen LogP contribution in [0.5, 0.6) is 0 Å². The number of thioether (sulfide) groups is 1. The lowest BCUT2D eigenvalue weighted by Gasteiger charge is -2.12. The predicted molar refractivity (Wildman–Crippen MR) is 121 cm³/mol. The number of imide groups is 1. The molecule has 3 aromatic rings. The van der Waals surface area contributed by atoms with Crippen molar-refractivity contribution in [3.8, 4) is 11.3 Å². The van der Waals surface area contributed by atoms with E-state index >= 15 is 0 Å². The van der Waals surface area contributed by atoms with Crippen molar-refractivity contribution in [2.75, 3.05) is 0 Å². The highest BCUT2D eigenvalue weighted by atomic mass is 79.9. The standard InChI is InChI=1S/C22H15BrN2O5S/c1-13-2-4-14(5-3-13)12-24-21(26)20(31-22(24)27)11-16-7-9-19(30-16)17-8-6-15(25(28)29)10-18(17)23/h2-11H,12H2,1H3/b20-11-. The van der Waals surface area contributed by atoms with E-state index in [9.17, 15) is 19.7 Å². The summed E-state index contributed by atoms with van der Waals surface area (Å²) in [5, 5.41) is 10.6. The van der Waals surface area contributed by atoms with E-state index in [0.717, 1.165) is 22.9 Å². The molecule has 1 aromatic heterocycles. The van der Waals surface area contributed by atoms with Crippen LogP contribution in [0, 0.1) is 17.0 Å². The van der Waals surface area contributed by atoms with E-state index in [1.807, 2.05) is 31.2 Å². The zero-order valence-corrected chi connectivity index (χ0v) is 18.6. The topological polar surface area (TPSA) is 93.7 Å². The van der Waals surface area contributed by atoms with Crippen molar-refractivity contribution in [3.63, 3.8) is 0 Å². The molecule has 4 rings (SSSR count). The molecule has 2 heterocycles. The van der Waals surface area contributed by atoms with Gasteiger partial charge in [0.15, 0.2) is 0 Å². The Labute approximate surface area is 190 Å². The molecular weight excluding hydrogens is 484 g/mol. The van der Waals surface area contributed by atoms with Gasteiger partial charge in [0.2, 0.25) is 0 Å². The maximum absolute atomic E-state index is 12.7. The molecule has 1 fully saturated rings. The number of furan rings is 1. The second kappa shape index (κ2) is 8.52. The molecule has 0 saturated carbocycles. The predicted octanol–water partition coefficient (Wildman–Crippen LogP) is 6.16. The fraction of sp³-hybridized carbons (Fsp3) is 0.0909. The molecule has 2 amide bonds. The van der Waals surface area contributed by atoms with Gasteiger partial charge in [-0.1, -0.05) is 29.8 Å². The highest BCUT2D eigenvalue weighted by Crippen LogP contribution is 2.36. The van der Waals surface area contributed by atoms with Gasteiger partial charge in [0.25, 0.3) is 16.8 Å². The third-order valence-corrected chi connectivity index (χ3v) is 6.23. The molecule has 0 aliphatic carbocycles. The Morgan fingerprint density at radius 2 is 1.87 bits per heavy atom. The Morgan fingerprint density at radius 3 is 2.55 bits per heavy atom. The zero-order valence-electron chi connectivity index (χ0n) is 16.2. The lowest BCUT2D eigenvalue weighted by Crippen LogP contribution is -2.27. The minimum absolute atomic E-state index is 0.0374. The summed E-state index contributed by atoms with van der Waals surface area (Å²) in [5.74, 6) is 0.512. The van der Waals surface area contributed by atoms with Gasteiger partial charge in [-0.3, -0.25) is 24.6 Å². The van der Waals surface area contributed by atoms with Crippen molar-refractivity contribution in [1.29, 1.82) is 0 Å². The van der Waals surface area contributed by atoms with Crippen LogP contribution < -0.4 is 0 Å². The van der Waals surface area contributed by atoms with Crippen LogP contribution in [0.1, 0.15) is 16.9 Å². The fourth-order valence-electron chi connectivity index (χ4n) is 3.03. The Kier molecular flexibility index (Phi) is 5.79. The minimum atomic E-state index is -0.477. The molecular formula is C22H15BrN2O5S. The van der Waals surface area contributed by atoms with E-state index < -0.39 is 4.92 Å². The van der Waals surface area contributed by atoms with E-state index in [4.69, 9.17) is 4.42 Å². The second-order valence-corrected chi connectivity index (χ2v) is 8.72. The number of halogens is 1. The molecule has 0 radical (unpaired) electrons. The summed E-state index contributed by atoms with van der Waals surface area (Å²) >= 11 is 4.19. The third kappa shape index (κ3) is 4.47. The van der Waals surface area contributed by atoms with E-state index in [-0.39, 0.29) is 28.3 Å². The maximum atomic E-state index is 12.7. The first-order valence-corrected chi connectivity index (χ1v) is 10.8. The number of carbonyl (C=O) groups is 2. The maximum Gasteiger partial charge on any atom is 0.293 e. The monoisotopic (exact) mass is 498 g/mol. The van der Waals surface area contributed by atoms with Gasteiger partial charge in [0.05, 0.1) is 16.4 Å². The minimum Gasteiger partial charge on any atom is -0.457 e. The summed E-state index contributed by atoms with van der Waals surface area (Å²) in [4.78, 5) is 37.0. The smallest absolute Gasteiger partial charge is 0.293 e. The number of hydrogen-bond acceptors (Lipinski definition) is 6. The number of non-ortho nitro benzene ring substituents is 1. The number of nitro benzene ring substituents is 1. The molecule has 7 nitrogen and oxygen atoms in total. The van der Waals surface area contributed by atoms with Crippen LogP contribution in [-0.4, -0.2) is 21.0 Å². The molecule has 31 heavy (non-hydrogen) atoms. The molecule has 156 valence electrons. The van der Waals surface area contributed by atoms with Crippen molar-refractivity contribution < 1.29 is 18.9 Å². The molecule has 2 aromatic carbocycles.